The SMILES string of the molecule is NCCCCC(NC(=O)C(N)CO)C(=O)NCC(=O)NC(CC(N)=O)C(=O)O. The number of hydrogen-bond acceptors (Lipinski definition) is 8. The Kier molecular flexibility index (Phi) is 12.1. The molecule has 0 aromatic rings. The average molecular weight is 404 g/mol. The monoisotopic (exact) mass is 404 g/mol. The molecule has 0 saturated carbocycles. The van der Waals surface area contributed by atoms with Gasteiger partial charge in [0, 0.05) is 0 Å². The molecule has 4 amide bonds. The number of carbonyl (C=O) groups excluding carboxylic acids is 4. The second-order valence-electron chi connectivity index (χ2n) is 5.98. The highest BCUT2D eigenvalue weighted by Crippen LogP contribution is 2.01. The first kappa shape index (κ1) is 25.2. The van der Waals surface area contributed by atoms with Crippen molar-refractivity contribution in [2.75, 3.05) is 19.7 Å². The Bertz CT molecular complexity index is 571. The fraction of sp³-hybridized carbons (Fsp3) is 0.667. The van der Waals surface area contributed by atoms with Crippen LogP contribution in [0, 0.1) is 0 Å². The molecule has 3 atom stereocenters. The minimum absolute atomic E-state index is 0.216. The summed E-state index contributed by atoms with van der Waals surface area (Å²) >= 11 is 0. The topological polar surface area (TPSA) is 240 Å². The van der Waals surface area contributed by atoms with Crippen LogP contribution in [0.25, 0.3) is 0 Å². The Morgan fingerprint density at radius 3 is 2.11 bits per heavy atom. The van der Waals surface area contributed by atoms with E-state index in [0.29, 0.717) is 19.4 Å². The minimum Gasteiger partial charge on any atom is -0.480 e. The van der Waals surface area contributed by atoms with Crippen molar-refractivity contribution in [3.63, 3.8) is 0 Å². The fourth-order valence-corrected chi connectivity index (χ4v) is 2.06. The molecule has 0 saturated heterocycles. The molecule has 13 nitrogen and oxygen atoms in total. The second kappa shape index (κ2) is 13.4. The first-order chi connectivity index (χ1) is 13.1. The van der Waals surface area contributed by atoms with E-state index in [1.165, 1.54) is 0 Å². The largest absolute Gasteiger partial charge is 0.480 e. The molecule has 0 heterocycles. The highest BCUT2D eigenvalue weighted by Gasteiger charge is 2.25. The standard InChI is InChI=1S/C15H28N6O7/c16-4-2-1-3-9(21-13(25)8(17)7-22)14(26)19-6-12(24)20-10(15(27)28)5-11(18)23/h8-10,22H,1-7,16-17H2,(H2,18,23)(H,19,26)(H,20,24)(H,21,25)(H,27,28). The van der Waals surface area contributed by atoms with Gasteiger partial charge in [0.25, 0.3) is 0 Å². The van der Waals surface area contributed by atoms with Gasteiger partial charge in [0.1, 0.15) is 18.1 Å². The lowest BCUT2D eigenvalue weighted by molar-refractivity contribution is -0.143. The molecule has 0 aliphatic carbocycles. The van der Waals surface area contributed by atoms with Crippen LogP contribution >= 0.6 is 0 Å². The second-order valence-corrected chi connectivity index (χ2v) is 5.98. The summed E-state index contributed by atoms with van der Waals surface area (Å²) in [5, 5.41) is 24.5. The Hall–Kier alpha value is -2.77. The number of amides is 4. The van der Waals surface area contributed by atoms with Gasteiger partial charge in [-0.25, -0.2) is 4.79 Å². The quantitative estimate of drug-likeness (QED) is 0.130. The van der Waals surface area contributed by atoms with Gasteiger partial charge >= 0.3 is 5.97 Å². The first-order valence-corrected chi connectivity index (χ1v) is 8.57. The van der Waals surface area contributed by atoms with Crippen LogP contribution in [-0.2, 0) is 24.0 Å². The Morgan fingerprint density at radius 1 is 0.964 bits per heavy atom. The minimum atomic E-state index is -1.52. The number of primary amides is 1. The molecule has 160 valence electrons. The van der Waals surface area contributed by atoms with Crippen molar-refractivity contribution in [3.8, 4) is 0 Å². The Labute approximate surface area is 161 Å². The van der Waals surface area contributed by atoms with Gasteiger partial charge in [0.05, 0.1) is 19.6 Å². The molecule has 0 fully saturated rings. The third-order valence-corrected chi connectivity index (χ3v) is 3.58. The van der Waals surface area contributed by atoms with E-state index in [1.807, 2.05) is 0 Å². The normalized spacial score (nSPS) is 13.7. The summed E-state index contributed by atoms with van der Waals surface area (Å²) in [6, 6.07) is -3.76. The number of carboxylic acid groups (broad SMARTS) is 1. The van der Waals surface area contributed by atoms with Crippen LogP contribution in [0.1, 0.15) is 25.7 Å². The molecule has 11 N–H and O–H groups in total. The summed E-state index contributed by atoms with van der Waals surface area (Å²) in [5.41, 5.74) is 15.7. The van der Waals surface area contributed by atoms with Crippen molar-refractivity contribution >= 4 is 29.6 Å². The van der Waals surface area contributed by atoms with E-state index in [9.17, 15) is 24.0 Å². The predicted molar refractivity (Wildman–Crippen MR) is 96.3 cm³/mol. The summed E-state index contributed by atoms with van der Waals surface area (Å²) in [6.07, 6.45) is 0.717. The molecule has 0 aliphatic heterocycles. The molecule has 0 spiro atoms. The molecule has 28 heavy (non-hydrogen) atoms. The van der Waals surface area contributed by atoms with Crippen LogP contribution in [0.2, 0.25) is 0 Å². The number of hydrogen-bond donors (Lipinski definition) is 8. The summed E-state index contributed by atoms with van der Waals surface area (Å²) in [5.74, 6) is -4.68. The van der Waals surface area contributed by atoms with Gasteiger partial charge < -0.3 is 43.4 Å². The van der Waals surface area contributed by atoms with Crippen molar-refractivity contribution in [1.82, 2.24) is 16.0 Å². The third kappa shape index (κ3) is 10.4. The van der Waals surface area contributed by atoms with Crippen LogP contribution in [0.4, 0.5) is 0 Å². The van der Waals surface area contributed by atoms with Gasteiger partial charge in [0.15, 0.2) is 0 Å². The Morgan fingerprint density at radius 2 is 1.61 bits per heavy atom. The molecular formula is C15H28N6O7. The number of carbonyl (C=O) groups is 5. The van der Waals surface area contributed by atoms with E-state index < -0.39 is 67.3 Å². The van der Waals surface area contributed by atoms with Crippen LogP contribution in [-0.4, -0.2) is 77.6 Å². The number of carboxylic acids is 1. The maximum Gasteiger partial charge on any atom is 0.326 e. The number of rotatable bonds is 14. The molecule has 13 heteroatoms. The molecule has 0 radical (unpaired) electrons. The number of aliphatic hydroxyl groups excluding tert-OH is 1. The smallest absolute Gasteiger partial charge is 0.326 e. The zero-order valence-corrected chi connectivity index (χ0v) is 15.3. The van der Waals surface area contributed by atoms with Gasteiger partial charge in [-0.15, -0.1) is 0 Å². The zero-order valence-electron chi connectivity index (χ0n) is 15.3. The Balaban J connectivity index is 4.77. The van der Waals surface area contributed by atoms with Crippen molar-refractivity contribution in [2.24, 2.45) is 17.2 Å². The molecule has 0 bridgehead atoms. The van der Waals surface area contributed by atoms with Gasteiger partial charge in [0.2, 0.25) is 23.6 Å². The van der Waals surface area contributed by atoms with Crippen molar-refractivity contribution < 1.29 is 34.2 Å². The van der Waals surface area contributed by atoms with E-state index >= 15 is 0 Å². The predicted octanol–water partition coefficient (Wildman–Crippen LogP) is -4.52. The number of nitrogens with two attached hydrogens (primary N) is 3. The number of aliphatic carboxylic acids is 1. The lowest BCUT2D eigenvalue weighted by Gasteiger charge is -2.20. The van der Waals surface area contributed by atoms with E-state index in [4.69, 9.17) is 27.4 Å². The van der Waals surface area contributed by atoms with Crippen molar-refractivity contribution in [3.05, 3.63) is 0 Å². The lowest BCUT2D eigenvalue weighted by Crippen LogP contribution is -2.54. The number of unbranched alkanes of at least 4 members (excludes halogenated alkanes) is 1. The van der Waals surface area contributed by atoms with Crippen LogP contribution in [0.15, 0.2) is 0 Å². The van der Waals surface area contributed by atoms with Gasteiger partial charge in [-0.05, 0) is 25.8 Å². The molecule has 0 rings (SSSR count). The average Bonchev–Trinajstić information content (AvgIpc) is 2.63. The summed E-state index contributed by atoms with van der Waals surface area (Å²) < 4.78 is 0. The molecule has 0 aromatic heterocycles. The van der Waals surface area contributed by atoms with Gasteiger partial charge in [-0.2, -0.15) is 0 Å². The lowest BCUT2D eigenvalue weighted by atomic mass is 10.1. The third-order valence-electron chi connectivity index (χ3n) is 3.58. The molecule has 0 aliphatic rings. The fourth-order valence-electron chi connectivity index (χ4n) is 2.06. The van der Waals surface area contributed by atoms with Crippen molar-refractivity contribution in [1.29, 1.82) is 0 Å². The number of aliphatic hydroxyl groups is 1. The highest BCUT2D eigenvalue weighted by molar-refractivity contribution is 5.93. The van der Waals surface area contributed by atoms with E-state index in [1.54, 1.807) is 0 Å². The van der Waals surface area contributed by atoms with Gasteiger partial charge in [-0.1, -0.05) is 0 Å². The first-order valence-electron chi connectivity index (χ1n) is 8.57. The summed E-state index contributed by atoms with van der Waals surface area (Å²) in [6.45, 7) is -0.810. The maximum absolute atomic E-state index is 12.3. The van der Waals surface area contributed by atoms with E-state index in [0.717, 1.165) is 0 Å². The summed E-state index contributed by atoms with van der Waals surface area (Å²) in [7, 11) is 0. The van der Waals surface area contributed by atoms with E-state index in [-0.39, 0.29) is 6.42 Å². The van der Waals surface area contributed by atoms with Crippen LogP contribution in [0.3, 0.4) is 0 Å². The maximum atomic E-state index is 12.3. The van der Waals surface area contributed by atoms with Crippen LogP contribution in [0.5, 0.6) is 0 Å². The number of nitrogens with one attached hydrogen (secondary N) is 3. The highest BCUT2D eigenvalue weighted by atomic mass is 16.4. The van der Waals surface area contributed by atoms with E-state index in [2.05, 4.69) is 16.0 Å². The van der Waals surface area contributed by atoms with Crippen molar-refractivity contribution in [2.45, 2.75) is 43.8 Å². The molecule has 0 aromatic carbocycles. The van der Waals surface area contributed by atoms with Crippen LogP contribution < -0.4 is 33.2 Å². The summed E-state index contributed by atoms with van der Waals surface area (Å²) in [4.78, 5) is 57.7. The molecule has 3 unspecified atom stereocenters. The molecular weight excluding hydrogens is 376 g/mol. The zero-order chi connectivity index (χ0) is 21.7. The van der Waals surface area contributed by atoms with Gasteiger partial charge in [-0.3, -0.25) is 19.2 Å².